The monoisotopic (exact) mass is 455 g/mol. The van der Waals surface area contributed by atoms with Crippen molar-refractivity contribution in [3.05, 3.63) is 95.3 Å². The Morgan fingerprint density at radius 2 is 1.62 bits per heavy atom. The van der Waals surface area contributed by atoms with E-state index in [9.17, 15) is 14.9 Å². The number of piperazine rings is 1. The number of nitrogens with zero attached hydrogens (tertiary/aromatic N) is 4. The van der Waals surface area contributed by atoms with Crippen molar-refractivity contribution in [3.63, 3.8) is 0 Å². The number of hydrogen-bond acceptors (Lipinski definition) is 6. The lowest BCUT2D eigenvalue weighted by Gasteiger charge is -2.36. The SMILES string of the molecule is CC(=O)N1CCN(C(=O)c2ccccc2C(N)(Oc2cccnc2)c2ccccc2C#N)CC1. The van der Waals surface area contributed by atoms with Gasteiger partial charge < -0.3 is 14.5 Å². The van der Waals surface area contributed by atoms with Gasteiger partial charge in [0.15, 0.2) is 0 Å². The Bertz CT molecular complexity index is 1230. The van der Waals surface area contributed by atoms with Gasteiger partial charge in [-0.15, -0.1) is 0 Å². The van der Waals surface area contributed by atoms with Crippen molar-refractivity contribution in [2.45, 2.75) is 12.6 Å². The lowest BCUT2D eigenvalue weighted by atomic mass is 9.88. The fourth-order valence-electron chi connectivity index (χ4n) is 4.14. The van der Waals surface area contributed by atoms with E-state index in [2.05, 4.69) is 11.1 Å². The molecule has 1 saturated heterocycles. The van der Waals surface area contributed by atoms with Crippen LogP contribution in [0.2, 0.25) is 0 Å². The lowest BCUT2D eigenvalue weighted by molar-refractivity contribution is -0.130. The first-order valence-corrected chi connectivity index (χ1v) is 11.0. The molecule has 34 heavy (non-hydrogen) atoms. The highest BCUT2D eigenvalue weighted by atomic mass is 16.5. The molecule has 0 spiro atoms. The molecule has 0 bridgehead atoms. The minimum absolute atomic E-state index is 0.00791. The molecule has 1 aliphatic rings. The van der Waals surface area contributed by atoms with Crippen LogP contribution < -0.4 is 10.5 Å². The number of rotatable bonds is 5. The van der Waals surface area contributed by atoms with Crippen molar-refractivity contribution in [2.24, 2.45) is 5.73 Å². The maximum absolute atomic E-state index is 13.6. The molecule has 2 aromatic carbocycles. The highest BCUT2D eigenvalue weighted by Gasteiger charge is 2.39. The van der Waals surface area contributed by atoms with Crippen molar-refractivity contribution in [1.29, 1.82) is 5.26 Å². The summed E-state index contributed by atoms with van der Waals surface area (Å²) in [5, 5.41) is 9.77. The number of nitriles is 1. The van der Waals surface area contributed by atoms with Crippen LogP contribution in [-0.2, 0) is 10.5 Å². The van der Waals surface area contributed by atoms with Gasteiger partial charge in [-0.05, 0) is 24.3 Å². The minimum Gasteiger partial charge on any atom is -0.463 e. The zero-order valence-corrected chi connectivity index (χ0v) is 18.8. The average molecular weight is 456 g/mol. The van der Waals surface area contributed by atoms with E-state index >= 15 is 0 Å². The predicted molar refractivity (Wildman–Crippen MR) is 126 cm³/mol. The van der Waals surface area contributed by atoms with Gasteiger partial charge in [0.1, 0.15) is 5.75 Å². The second-order valence-corrected chi connectivity index (χ2v) is 8.03. The van der Waals surface area contributed by atoms with Crippen LogP contribution in [0.15, 0.2) is 73.1 Å². The Morgan fingerprint density at radius 3 is 2.26 bits per heavy atom. The Hall–Kier alpha value is -4.22. The van der Waals surface area contributed by atoms with Crippen molar-refractivity contribution in [1.82, 2.24) is 14.8 Å². The normalized spacial score (nSPS) is 15.2. The van der Waals surface area contributed by atoms with Gasteiger partial charge in [0.2, 0.25) is 11.6 Å². The van der Waals surface area contributed by atoms with Gasteiger partial charge >= 0.3 is 0 Å². The largest absolute Gasteiger partial charge is 0.463 e. The van der Waals surface area contributed by atoms with Crippen molar-refractivity contribution in [2.75, 3.05) is 26.2 Å². The summed E-state index contributed by atoms with van der Waals surface area (Å²) >= 11 is 0. The second kappa shape index (κ2) is 9.73. The molecule has 8 heteroatoms. The maximum atomic E-state index is 13.6. The third-order valence-electron chi connectivity index (χ3n) is 5.93. The first-order chi connectivity index (χ1) is 16.4. The zero-order valence-electron chi connectivity index (χ0n) is 18.8. The van der Waals surface area contributed by atoms with E-state index in [-0.39, 0.29) is 11.8 Å². The summed E-state index contributed by atoms with van der Waals surface area (Å²) in [5.41, 5.74) is 6.89. The van der Waals surface area contributed by atoms with Gasteiger partial charge in [-0.3, -0.25) is 20.3 Å². The summed E-state index contributed by atoms with van der Waals surface area (Å²) in [4.78, 5) is 32.8. The van der Waals surface area contributed by atoms with Crippen molar-refractivity contribution >= 4 is 11.8 Å². The number of aromatic nitrogens is 1. The molecule has 0 saturated carbocycles. The second-order valence-electron chi connectivity index (χ2n) is 8.03. The molecule has 3 aromatic rings. The molecule has 0 aliphatic carbocycles. The number of carbonyl (C=O) groups is 2. The number of ether oxygens (including phenoxy) is 1. The van der Waals surface area contributed by atoms with Crippen LogP contribution in [0.3, 0.4) is 0 Å². The predicted octanol–water partition coefficient (Wildman–Crippen LogP) is 2.50. The van der Waals surface area contributed by atoms with E-state index in [1.165, 1.54) is 13.1 Å². The van der Waals surface area contributed by atoms with Crippen LogP contribution in [0.5, 0.6) is 5.75 Å². The summed E-state index contributed by atoms with van der Waals surface area (Å²) in [6.45, 7) is 3.31. The summed E-state index contributed by atoms with van der Waals surface area (Å²) in [6, 6.07) is 19.5. The number of amides is 2. The average Bonchev–Trinajstić information content (AvgIpc) is 2.88. The molecule has 2 amide bonds. The molecule has 2 heterocycles. The van der Waals surface area contributed by atoms with Gasteiger partial charge in [-0.2, -0.15) is 5.26 Å². The summed E-state index contributed by atoms with van der Waals surface area (Å²) in [7, 11) is 0. The van der Waals surface area contributed by atoms with Crippen LogP contribution in [0.4, 0.5) is 0 Å². The summed E-state index contributed by atoms with van der Waals surface area (Å²) in [5.74, 6) is 0.180. The Labute approximate surface area is 198 Å². The van der Waals surface area contributed by atoms with Crippen LogP contribution in [-0.4, -0.2) is 52.8 Å². The highest BCUT2D eigenvalue weighted by Crippen LogP contribution is 2.34. The maximum Gasteiger partial charge on any atom is 0.254 e. The Balaban J connectivity index is 1.78. The molecule has 1 fully saturated rings. The molecule has 1 atom stereocenters. The van der Waals surface area contributed by atoms with E-state index in [1.807, 2.05) is 0 Å². The molecule has 172 valence electrons. The van der Waals surface area contributed by atoms with Crippen LogP contribution >= 0.6 is 0 Å². The fraction of sp³-hybridized carbons (Fsp3) is 0.231. The molecule has 1 aliphatic heterocycles. The van der Waals surface area contributed by atoms with Gasteiger partial charge in [0, 0.05) is 56.0 Å². The number of pyridine rings is 1. The van der Waals surface area contributed by atoms with Crippen molar-refractivity contribution in [3.8, 4) is 11.8 Å². The molecule has 2 N–H and O–H groups in total. The number of carbonyl (C=O) groups excluding carboxylic acids is 2. The fourth-order valence-corrected chi connectivity index (χ4v) is 4.14. The molecular formula is C26H25N5O3. The van der Waals surface area contributed by atoms with Crippen LogP contribution in [0, 0.1) is 11.3 Å². The molecule has 4 rings (SSSR count). The third kappa shape index (κ3) is 4.47. The first-order valence-electron chi connectivity index (χ1n) is 11.0. The number of benzene rings is 2. The lowest BCUT2D eigenvalue weighted by Crippen LogP contribution is -2.51. The quantitative estimate of drug-likeness (QED) is 0.592. The van der Waals surface area contributed by atoms with E-state index in [4.69, 9.17) is 10.5 Å². The topological polar surface area (TPSA) is 113 Å². The minimum atomic E-state index is -1.64. The van der Waals surface area contributed by atoms with E-state index in [1.54, 1.807) is 76.7 Å². The van der Waals surface area contributed by atoms with Gasteiger partial charge in [0.05, 0.1) is 17.8 Å². The third-order valence-corrected chi connectivity index (χ3v) is 5.93. The van der Waals surface area contributed by atoms with E-state index in [0.29, 0.717) is 54.2 Å². The van der Waals surface area contributed by atoms with E-state index in [0.717, 1.165) is 0 Å². The van der Waals surface area contributed by atoms with Gasteiger partial charge in [-0.1, -0.05) is 36.4 Å². The van der Waals surface area contributed by atoms with Gasteiger partial charge in [-0.25, -0.2) is 0 Å². The zero-order chi connectivity index (χ0) is 24.1. The molecule has 1 unspecified atom stereocenters. The Kier molecular flexibility index (Phi) is 6.57. The summed E-state index contributed by atoms with van der Waals surface area (Å²) in [6.07, 6.45) is 3.15. The number of hydrogen-bond donors (Lipinski definition) is 1. The van der Waals surface area contributed by atoms with E-state index < -0.39 is 5.72 Å². The standard InChI is InChI=1S/C26H25N5O3/c1-19(32)30-13-15-31(16-14-30)25(33)22-9-3-5-11-24(22)26(28,34-21-8-6-12-29-18-21)23-10-4-2-7-20(23)17-27/h2-12,18H,13-16,28H2,1H3. The van der Waals surface area contributed by atoms with Gasteiger partial charge in [0.25, 0.3) is 5.91 Å². The Morgan fingerprint density at radius 1 is 0.971 bits per heavy atom. The summed E-state index contributed by atoms with van der Waals surface area (Å²) < 4.78 is 6.28. The van der Waals surface area contributed by atoms with Crippen LogP contribution in [0.25, 0.3) is 0 Å². The molecule has 8 nitrogen and oxygen atoms in total. The smallest absolute Gasteiger partial charge is 0.254 e. The van der Waals surface area contributed by atoms with Crippen LogP contribution in [0.1, 0.15) is 34.0 Å². The first kappa shape index (κ1) is 23.0. The molecule has 1 aromatic heterocycles. The molecule has 0 radical (unpaired) electrons. The highest BCUT2D eigenvalue weighted by molar-refractivity contribution is 5.96. The number of nitrogens with two attached hydrogens (primary N) is 1. The van der Waals surface area contributed by atoms with Crippen molar-refractivity contribution < 1.29 is 14.3 Å². The molecular weight excluding hydrogens is 430 g/mol.